The largest absolute Gasteiger partial charge is 0.310 e. The topological polar surface area (TPSA) is 45.8 Å². The molecule has 76 valence electrons. The molecule has 0 radical (unpaired) electrons. The minimum Gasteiger partial charge on any atom is -0.310 e. The number of benzene rings is 1. The van der Waals surface area contributed by atoms with E-state index in [4.69, 9.17) is 0 Å². The van der Waals surface area contributed by atoms with E-state index in [2.05, 4.69) is 32.5 Å². The Kier molecular flexibility index (Phi) is 2.68. The molecule has 2 rings (SSSR count). The molecule has 0 atom stereocenters. The number of aromatic amines is 1. The first kappa shape index (κ1) is 10.1. The van der Waals surface area contributed by atoms with E-state index in [1.165, 1.54) is 0 Å². The van der Waals surface area contributed by atoms with Crippen molar-refractivity contribution in [2.45, 2.75) is 6.42 Å². The number of allylic oxidation sites excluding steroid dienone is 1. The van der Waals surface area contributed by atoms with Gasteiger partial charge in [-0.25, -0.2) is 4.98 Å². The van der Waals surface area contributed by atoms with Crippen molar-refractivity contribution in [2.24, 2.45) is 0 Å². The molecule has 3 nitrogen and oxygen atoms in total. The van der Waals surface area contributed by atoms with E-state index in [1.807, 2.05) is 18.2 Å². The molecule has 0 spiro atoms. The van der Waals surface area contributed by atoms with Crippen molar-refractivity contribution in [3.63, 3.8) is 0 Å². The van der Waals surface area contributed by atoms with Crippen LogP contribution >= 0.6 is 15.9 Å². The second-order valence-electron chi connectivity index (χ2n) is 3.22. The van der Waals surface area contributed by atoms with Crippen LogP contribution in [0, 0.1) is 0 Å². The molecule has 1 aromatic carbocycles. The summed E-state index contributed by atoms with van der Waals surface area (Å²) in [6, 6.07) is 7.27. The Morgan fingerprint density at radius 1 is 1.47 bits per heavy atom. The van der Waals surface area contributed by atoms with Crippen LogP contribution < -0.4 is 5.56 Å². The van der Waals surface area contributed by atoms with Crippen LogP contribution in [-0.2, 0) is 6.42 Å². The summed E-state index contributed by atoms with van der Waals surface area (Å²) >= 11 is 3.24. The van der Waals surface area contributed by atoms with Crippen molar-refractivity contribution in [1.82, 2.24) is 9.97 Å². The van der Waals surface area contributed by atoms with Crippen LogP contribution in [0.4, 0.5) is 0 Å². The molecular weight excluding hydrogens is 256 g/mol. The number of fused-ring (bicyclic) bond motifs is 1. The summed E-state index contributed by atoms with van der Waals surface area (Å²) in [5, 5.41) is 0.612. The van der Waals surface area contributed by atoms with Crippen molar-refractivity contribution in [1.29, 1.82) is 0 Å². The van der Waals surface area contributed by atoms with Crippen molar-refractivity contribution < 1.29 is 0 Å². The number of aromatic nitrogens is 2. The highest BCUT2D eigenvalue weighted by Crippen LogP contribution is 2.10. The van der Waals surface area contributed by atoms with Gasteiger partial charge in [-0.15, -0.1) is 0 Å². The lowest BCUT2D eigenvalue weighted by Gasteiger charge is -2.01. The van der Waals surface area contributed by atoms with Gasteiger partial charge in [0.25, 0.3) is 5.56 Å². The van der Waals surface area contributed by atoms with Crippen molar-refractivity contribution >= 4 is 26.8 Å². The zero-order valence-corrected chi connectivity index (χ0v) is 9.54. The molecule has 1 N–H and O–H groups in total. The molecule has 0 saturated carbocycles. The Labute approximate surface area is 95.0 Å². The molecule has 0 aliphatic carbocycles. The maximum Gasteiger partial charge on any atom is 0.258 e. The summed E-state index contributed by atoms with van der Waals surface area (Å²) in [5.41, 5.74) is 0.606. The van der Waals surface area contributed by atoms with E-state index in [9.17, 15) is 4.79 Å². The summed E-state index contributed by atoms with van der Waals surface area (Å²) in [5.74, 6) is 0.626. The van der Waals surface area contributed by atoms with Gasteiger partial charge >= 0.3 is 0 Å². The Hall–Kier alpha value is -1.42. The van der Waals surface area contributed by atoms with Crippen LogP contribution in [0.15, 0.2) is 40.1 Å². The average molecular weight is 265 g/mol. The summed E-state index contributed by atoms with van der Waals surface area (Å²) in [4.78, 5) is 18.7. The standard InChI is InChI=1S/C11H9BrN2O/c1-7(12)6-10-13-9-5-3-2-4-8(9)11(15)14-10/h2-5H,1,6H2,(H,13,14,15). The third-order valence-corrected chi connectivity index (χ3v) is 2.30. The molecule has 0 amide bonds. The van der Waals surface area contributed by atoms with Gasteiger partial charge in [-0.3, -0.25) is 4.79 Å². The molecule has 0 aliphatic heterocycles. The predicted octanol–water partition coefficient (Wildman–Crippen LogP) is 2.37. The fourth-order valence-corrected chi connectivity index (χ4v) is 1.67. The van der Waals surface area contributed by atoms with Crippen LogP contribution in [0.3, 0.4) is 0 Å². The van der Waals surface area contributed by atoms with E-state index in [-0.39, 0.29) is 5.56 Å². The highest BCUT2D eigenvalue weighted by molar-refractivity contribution is 9.11. The van der Waals surface area contributed by atoms with Crippen LogP contribution in [0.2, 0.25) is 0 Å². The fourth-order valence-electron chi connectivity index (χ4n) is 1.40. The first-order chi connectivity index (χ1) is 7.16. The Morgan fingerprint density at radius 2 is 2.20 bits per heavy atom. The monoisotopic (exact) mass is 264 g/mol. The average Bonchev–Trinajstić information content (AvgIpc) is 2.16. The molecule has 1 aromatic heterocycles. The lowest BCUT2D eigenvalue weighted by molar-refractivity contribution is 0.991. The van der Waals surface area contributed by atoms with Gasteiger partial charge in [0.2, 0.25) is 0 Å². The number of rotatable bonds is 2. The molecule has 1 heterocycles. The molecule has 0 fully saturated rings. The Bertz CT molecular complexity index is 574. The van der Waals surface area contributed by atoms with E-state index in [1.54, 1.807) is 6.07 Å². The van der Waals surface area contributed by atoms with E-state index in [0.29, 0.717) is 23.1 Å². The van der Waals surface area contributed by atoms with E-state index in [0.717, 1.165) is 4.48 Å². The van der Waals surface area contributed by atoms with Gasteiger partial charge in [-0.2, -0.15) is 0 Å². The van der Waals surface area contributed by atoms with Crippen LogP contribution in [0.25, 0.3) is 10.9 Å². The van der Waals surface area contributed by atoms with Gasteiger partial charge in [0, 0.05) is 6.42 Å². The van der Waals surface area contributed by atoms with Crippen LogP contribution in [0.1, 0.15) is 5.82 Å². The van der Waals surface area contributed by atoms with Gasteiger partial charge in [0.15, 0.2) is 0 Å². The summed E-state index contributed by atoms with van der Waals surface area (Å²) in [7, 11) is 0. The first-order valence-electron chi connectivity index (χ1n) is 4.48. The third-order valence-electron chi connectivity index (χ3n) is 2.02. The van der Waals surface area contributed by atoms with Gasteiger partial charge in [0.05, 0.1) is 10.9 Å². The van der Waals surface area contributed by atoms with Gasteiger partial charge in [-0.1, -0.05) is 34.6 Å². The molecule has 0 aliphatic rings. The highest BCUT2D eigenvalue weighted by Gasteiger charge is 2.02. The normalized spacial score (nSPS) is 10.5. The maximum atomic E-state index is 11.6. The lowest BCUT2D eigenvalue weighted by Crippen LogP contribution is -2.11. The molecule has 15 heavy (non-hydrogen) atoms. The second kappa shape index (κ2) is 3.98. The van der Waals surface area contributed by atoms with E-state index < -0.39 is 0 Å². The first-order valence-corrected chi connectivity index (χ1v) is 5.27. The minimum atomic E-state index is -0.107. The van der Waals surface area contributed by atoms with Crippen molar-refractivity contribution in [3.05, 3.63) is 51.5 Å². The predicted molar refractivity (Wildman–Crippen MR) is 64.1 cm³/mol. The number of halogens is 1. The lowest BCUT2D eigenvalue weighted by atomic mass is 10.2. The SMILES string of the molecule is C=C(Br)Cc1nc2ccccc2c(=O)[nH]1. The summed E-state index contributed by atoms with van der Waals surface area (Å²) in [6.45, 7) is 3.71. The molecule has 2 aromatic rings. The number of nitrogens with zero attached hydrogens (tertiary/aromatic N) is 1. The highest BCUT2D eigenvalue weighted by atomic mass is 79.9. The van der Waals surface area contributed by atoms with Gasteiger partial charge in [-0.05, 0) is 16.6 Å². The Morgan fingerprint density at radius 3 is 2.93 bits per heavy atom. The molecular formula is C11H9BrN2O. The number of para-hydroxylation sites is 1. The number of hydrogen-bond acceptors (Lipinski definition) is 2. The maximum absolute atomic E-state index is 11.6. The van der Waals surface area contributed by atoms with Gasteiger partial charge < -0.3 is 4.98 Å². The third kappa shape index (κ3) is 2.15. The molecule has 0 saturated heterocycles. The summed E-state index contributed by atoms with van der Waals surface area (Å²) in [6.07, 6.45) is 0.528. The number of nitrogens with one attached hydrogen (secondary N) is 1. The Balaban J connectivity index is 2.62. The number of H-pyrrole nitrogens is 1. The van der Waals surface area contributed by atoms with Crippen LogP contribution in [-0.4, -0.2) is 9.97 Å². The van der Waals surface area contributed by atoms with Crippen molar-refractivity contribution in [2.75, 3.05) is 0 Å². The van der Waals surface area contributed by atoms with Crippen LogP contribution in [0.5, 0.6) is 0 Å². The van der Waals surface area contributed by atoms with E-state index >= 15 is 0 Å². The zero-order chi connectivity index (χ0) is 10.8. The van der Waals surface area contributed by atoms with Gasteiger partial charge in [0.1, 0.15) is 5.82 Å². The smallest absolute Gasteiger partial charge is 0.258 e. The minimum absolute atomic E-state index is 0.107. The number of hydrogen-bond donors (Lipinski definition) is 1. The molecule has 4 heteroatoms. The fraction of sp³-hybridized carbons (Fsp3) is 0.0909. The second-order valence-corrected chi connectivity index (χ2v) is 4.35. The molecule has 0 unspecified atom stereocenters. The quantitative estimate of drug-likeness (QED) is 0.906. The molecule has 0 bridgehead atoms. The summed E-state index contributed by atoms with van der Waals surface area (Å²) < 4.78 is 0.793. The van der Waals surface area contributed by atoms with Crippen molar-refractivity contribution in [3.8, 4) is 0 Å². The zero-order valence-electron chi connectivity index (χ0n) is 7.96.